The van der Waals surface area contributed by atoms with Gasteiger partial charge in [0.05, 0.1) is 24.8 Å². The smallest absolute Gasteiger partial charge is 0.252 e. The Labute approximate surface area is 410 Å². The Hall–Kier alpha value is -5.00. The first-order chi connectivity index (χ1) is 32.1. The number of hydrogen-bond acceptors (Lipinski definition) is 3. The van der Waals surface area contributed by atoms with Gasteiger partial charge in [-0.2, -0.15) is 0 Å². The van der Waals surface area contributed by atoms with Gasteiger partial charge in [-0.05, 0) is 131 Å². The summed E-state index contributed by atoms with van der Waals surface area (Å²) in [6.07, 6.45) is 9.88. The van der Waals surface area contributed by atoms with Crippen LogP contribution in [-0.2, 0) is 21.7 Å². The second-order valence-corrected chi connectivity index (χ2v) is 31.1. The summed E-state index contributed by atoms with van der Waals surface area (Å²) < 4.78 is 0. The molecule has 12 rings (SSSR count). The highest BCUT2D eigenvalue weighted by Gasteiger charge is 2.63. The maximum Gasteiger partial charge on any atom is 0.252 e. The number of anilines is 7. The van der Waals surface area contributed by atoms with E-state index in [0.717, 1.165) is 0 Å². The van der Waals surface area contributed by atoms with E-state index in [1.54, 1.807) is 10.8 Å². The summed E-state index contributed by atoms with van der Waals surface area (Å²) in [6.45, 7) is 32.6. The van der Waals surface area contributed by atoms with E-state index in [0.29, 0.717) is 0 Å². The van der Waals surface area contributed by atoms with Gasteiger partial charge in [0.25, 0.3) is 6.71 Å². The van der Waals surface area contributed by atoms with Crippen LogP contribution >= 0.6 is 0 Å². The van der Waals surface area contributed by atoms with Crippen molar-refractivity contribution in [3.05, 3.63) is 138 Å². The molecule has 0 aromatic heterocycles. The van der Waals surface area contributed by atoms with E-state index in [-0.39, 0.29) is 39.5 Å². The zero-order valence-corrected chi connectivity index (χ0v) is 44.5. The van der Waals surface area contributed by atoms with Crippen molar-refractivity contribution in [1.29, 1.82) is 0 Å². The van der Waals surface area contributed by atoms with Crippen LogP contribution < -0.4 is 36.3 Å². The van der Waals surface area contributed by atoms with Crippen molar-refractivity contribution >= 4 is 76.2 Å². The lowest BCUT2D eigenvalue weighted by Gasteiger charge is -2.54. The van der Waals surface area contributed by atoms with Crippen LogP contribution in [0.4, 0.5) is 39.8 Å². The van der Waals surface area contributed by atoms with Gasteiger partial charge < -0.3 is 14.7 Å². The van der Waals surface area contributed by atoms with Crippen LogP contribution in [-0.4, -0.2) is 25.9 Å². The molecule has 0 N–H and O–H groups in total. The van der Waals surface area contributed by atoms with Crippen LogP contribution in [0.15, 0.2) is 115 Å². The fourth-order valence-corrected chi connectivity index (χ4v) is 15.9. The maximum atomic E-state index is 2.98. The van der Waals surface area contributed by atoms with Gasteiger partial charge in [0.15, 0.2) is 0 Å². The van der Waals surface area contributed by atoms with Crippen LogP contribution in [0.5, 0.6) is 0 Å². The third kappa shape index (κ3) is 5.84. The van der Waals surface area contributed by atoms with E-state index in [1.165, 1.54) is 135 Å². The quantitative estimate of drug-likeness (QED) is 0.163. The molecule has 4 atom stereocenters. The molecule has 0 amide bonds. The van der Waals surface area contributed by atoms with Crippen LogP contribution in [0, 0.1) is 0 Å². The number of hydrogen-bond donors (Lipinski definition) is 0. The maximum absolute atomic E-state index is 2.98. The lowest BCUT2D eigenvalue weighted by Crippen LogP contribution is -2.65. The summed E-state index contributed by atoms with van der Waals surface area (Å²) in [5, 5.41) is 1.60. The molecule has 6 aromatic carbocycles. The van der Waals surface area contributed by atoms with E-state index < -0.39 is 8.07 Å². The molecule has 4 aliphatic heterocycles. The number of para-hydroxylation sites is 1. The SMILES string of the molecule is CC(C)(C)c1ccc2c(c1)B1c3cc([Si](C)(C)C)cc4c3N(c3cc(N5c6ccccc6C6(C)CCCCC56C)cc(c31)N2c1ccc(C(C)(C)C)cc1-c1ccccc1)C1(C)CCCCC41C. The topological polar surface area (TPSA) is 9.72 Å². The van der Waals surface area contributed by atoms with Gasteiger partial charge in [-0.15, -0.1) is 0 Å². The zero-order valence-electron chi connectivity index (χ0n) is 43.5. The Balaban J connectivity index is 1.25. The molecular weight excluding hydrogens is 838 g/mol. The van der Waals surface area contributed by atoms with Crippen molar-refractivity contribution in [3.63, 3.8) is 0 Å². The number of benzene rings is 6. The molecule has 4 unspecified atom stereocenters. The molecule has 0 spiro atoms. The summed E-state index contributed by atoms with van der Waals surface area (Å²) in [5.41, 5.74) is 22.4. The Morgan fingerprint density at radius 3 is 1.74 bits per heavy atom. The van der Waals surface area contributed by atoms with Crippen molar-refractivity contribution < 1.29 is 0 Å². The fourth-order valence-electron chi connectivity index (χ4n) is 14.8. The lowest BCUT2D eigenvalue weighted by atomic mass is 9.33. The molecule has 348 valence electrons. The second-order valence-electron chi connectivity index (χ2n) is 26.1. The summed E-state index contributed by atoms with van der Waals surface area (Å²) >= 11 is 0. The normalized spacial score (nSPS) is 25.7. The molecule has 0 radical (unpaired) electrons. The number of nitrogens with zero attached hydrogens (tertiary/aromatic N) is 3. The minimum atomic E-state index is -1.76. The molecule has 6 aromatic rings. The van der Waals surface area contributed by atoms with Crippen LogP contribution in [0.25, 0.3) is 11.1 Å². The van der Waals surface area contributed by atoms with Gasteiger partial charge in [0.2, 0.25) is 0 Å². The monoisotopic (exact) mass is 912 g/mol. The van der Waals surface area contributed by atoms with E-state index in [1.807, 2.05) is 0 Å². The molecule has 6 aliphatic rings. The molecule has 3 nitrogen and oxygen atoms in total. The first kappa shape index (κ1) is 44.2. The minimum absolute atomic E-state index is 0.00771. The fraction of sp³-hybridized carbons (Fsp3) is 0.429. The summed E-state index contributed by atoms with van der Waals surface area (Å²) in [7, 11) is -1.76. The highest BCUT2D eigenvalue weighted by Crippen LogP contribution is 2.65. The summed E-state index contributed by atoms with van der Waals surface area (Å²) in [5.74, 6) is 0. The molecule has 2 fully saturated rings. The van der Waals surface area contributed by atoms with Gasteiger partial charge in [-0.1, -0.05) is 185 Å². The first-order valence-corrected chi connectivity index (χ1v) is 29.8. The Kier molecular flexibility index (Phi) is 9.30. The summed E-state index contributed by atoms with van der Waals surface area (Å²) in [4.78, 5) is 8.58. The standard InChI is InChI=1S/C63H74BN3Si/c1-58(2,3)42-27-29-51(46(35-42)41-23-15-14-16-24-41)65-53-30-28-43(59(4,5)6)36-49(53)64-50-40-45(68(11,12)13)39-48-57(50)67(63(10)34-22-20-32-61(48,63)8)55-38-44(37-54(65)56(55)64)66-52-26-18-17-25-47(52)60(7)31-19-21-33-62(60,66)9/h14-18,23-30,35-40H,19-22,31-34H2,1-13H3. The van der Waals surface area contributed by atoms with E-state index in [9.17, 15) is 0 Å². The average molecular weight is 912 g/mol. The minimum Gasteiger partial charge on any atom is -0.335 e. The average Bonchev–Trinajstić information content (AvgIpc) is 3.64. The van der Waals surface area contributed by atoms with Crippen molar-refractivity contribution in [2.24, 2.45) is 0 Å². The molecule has 4 heterocycles. The van der Waals surface area contributed by atoms with Gasteiger partial charge in [-0.25, -0.2) is 0 Å². The molecule has 0 saturated heterocycles. The zero-order chi connectivity index (χ0) is 47.7. The van der Waals surface area contributed by atoms with E-state index >= 15 is 0 Å². The predicted octanol–water partition coefficient (Wildman–Crippen LogP) is 14.6. The third-order valence-corrected chi connectivity index (χ3v) is 21.2. The van der Waals surface area contributed by atoms with Crippen LogP contribution in [0.1, 0.15) is 143 Å². The van der Waals surface area contributed by atoms with Crippen LogP contribution in [0.2, 0.25) is 19.6 Å². The van der Waals surface area contributed by atoms with Crippen molar-refractivity contribution in [3.8, 4) is 11.1 Å². The Morgan fingerprint density at radius 2 is 1.07 bits per heavy atom. The summed E-state index contributed by atoms with van der Waals surface area (Å²) in [6, 6.07) is 46.6. The highest BCUT2D eigenvalue weighted by atomic mass is 28.3. The highest BCUT2D eigenvalue weighted by molar-refractivity contribution is 7.01. The van der Waals surface area contributed by atoms with Crippen molar-refractivity contribution in [2.75, 3.05) is 14.7 Å². The predicted molar refractivity (Wildman–Crippen MR) is 297 cm³/mol. The van der Waals surface area contributed by atoms with Crippen LogP contribution in [0.3, 0.4) is 0 Å². The molecular formula is C63H74BN3Si. The molecule has 0 bridgehead atoms. The van der Waals surface area contributed by atoms with Gasteiger partial charge >= 0.3 is 0 Å². The number of fused-ring (bicyclic) bond motifs is 10. The first-order valence-electron chi connectivity index (χ1n) is 26.3. The van der Waals surface area contributed by atoms with Crippen molar-refractivity contribution in [2.45, 2.75) is 173 Å². The van der Waals surface area contributed by atoms with Crippen molar-refractivity contribution in [1.82, 2.24) is 0 Å². The van der Waals surface area contributed by atoms with E-state index in [2.05, 4.69) is 219 Å². The lowest BCUT2D eigenvalue weighted by molar-refractivity contribution is 0.194. The second kappa shape index (κ2) is 14.3. The van der Waals surface area contributed by atoms with Gasteiger partial charge in [0, 0.05) is 50.5 Å². The molecule has 2 aliphatic carbocycles. The molecule has 2 saturated carbocycles. The number of rotatable bonds is 4. The Morgan fingerprint density at radius 1 is 0.500 bits per heavy atom. The third-order valence-electron chi connectivity index (χ3n) is 19.2. The van der Waals surface area contributed by atoms with Gasteiger partial charge in [-0.3, -0.25) is 0 Å². The largest absolute Gasteiger partial charge is 0.335 e. The molecule has 5 heteroatoms. The van der Waals surface area contributed by atoms with E-state index in [4.69, 9.17) is 0 Å². The van der Waals surface area contributed by atoms with Gasteiger partial charge in [0.1, 0.15) is 0 Å². The Bertz CT molecular complexity index is 3080. The molecule has 68 heavy (non-hydrogen) atoms.